The van der Waals surface area contributed by atoms with E-state index in [-0.39, 0.29) is 0 Å². The Morgan fingerprint density at radius 2 is 1.91 bits per heavy atom. The minimum absolute atomic E-state index is 1.08. The molecule has 1 fully saturated rings. The van der Waals surface area contributed by atoms with Gasteiger partial charge < -0.3 is 0 Å². The first-order valence-electron chi connectivity index (χ1n) is 5.13. The van der Waals surface area contributed by atoms with Crippen molar-refractivity contribution < 1.29 is 0 Å². The van der Waals surface area contributed by atoms with Crippen LogP contribution in [-0.2, 0) is 0 Å². The number of hydrogen-bond acceptors (Lipinski definition) is 0. The fourth-order valence-corrected chi connectivity index (χ4v) is 2.48. The van der Waals surface area contributed by atoms with Gasteiger partial charge >= 0.3 is 0 Å². The summed E-state index contributed by atoms with van der Waals surface area (Å²) in [5, 5.41) is 0. The number of allylic oxidation sites excluding steroid dienone is 2. The van der Waals surface area contributed by atoms with Crippen molar-refractivity contribution in [1.82, 2.24) is 0 Å². The summed E-state index contributed by atoms with van der Waals surface area (Å²) in [6, 6.07) is 0. The molecule has 62 valence electrons. The van der Waals surface area contributed by atoms with Gasteiger partial charge in [-0.1, -0.05) is 24.5 Å². The van der Waals surface area contributed by atoms with E-state index in [1.165, 1.54) is 51.4 Å². The van der Waals surface area contributed by atoms with Crippen LogP contribution >= 0.6 is 0 Å². The Bertz CT molecular complexity index is 153. The lowest BCUT2D eigenvalue weighted by atomic mass is 9.92. The van der Waals surface area contributed by atoms with Gasteiger partial charge in [0.2, 0.25) is 0 Å². The SMILES string of the molecule is C1=C2CCCC(CCC1)CC2. The van der Waals surface area contributed by atoms with Crippen molar-refractivity contribution in [2.75, 3.05) is 0 Å². The van der Waals surface area contributed by atoms with Gasteiger partial charge in [-0.25, -0.2) is 0 Å². The molecule has 0 aromatic rings. The minimum Gasteiger partial charge on any atom is -0.0853 e. The number of rotatable bonds is 0. The average Bonchev–Trinajstić information content (AvgIpc) is 2.11. The van der Waals surface area contributed by atoms with Gasteiger partial charge in [0.15, 0.2) is 0 Å². The lowest BCUT2D eigenvalue weighted by Crippen LogP contribution is -1.99. The zero-order chi connectivity index (χ0) is 7.52. The van der Waals surface area contributed by atoms with Crippen molar-refractivity contribution >= 4 is 0 Å². The lowest BCUT2D eigenvalue weighted by molar-refractivity contribution is 0.416. The smallest absolute Gasteiger partial charge is 0.0318 e. The Balaban J connectivity index is 2.09. The average molecular weight is 150 g/mol. The molecule has 0 aromatic carbocycles. The Morgan fingerprint density at radius 3 is 2.91 bits per heavy atom. The maximum atomic E-state index is 2.52. The zero-order valence-corrected chi connectivity index (χ0v) is 7.31. The second-order valence-electron chi connectivity index (χ2n) is 4.09. The first-order chi connectivity index (χ1) is 5.45. The summed E-state index contributed by atoms with van der Waals surface area (Å²) in [5.41, 5.74) is 1.77. The van der Waals surface area contributed by atoms with Gasteiger partial charge in [0.25, 0.3) is 0 Å². The van der Waals surface area contributed by atoms with Crippen LogP contribution in [0.1, 0.15) is 51.4 Å². The van der Waals surface area contributed by atoms with E-state index < -0.39 is 0 Å². The highest BCUT2D eigenvalue weighted by atomic mass is 14.2. The summed E-state index contributed by atoms with van der Waals surface area (Å²) in [7, 11) is 0. The number of hydrogen-bond donors (Lipinski definition) is 0. The van der Waals surface area contributed by atoms with Crippen LogP contribution in [0.4, 0.5) is 0 Å². The van der Waals surface area contributed by atoms with E-state index in [1.807, 2.05) is 0 Å². The Morgan fingerprint density at radius 1 is 1.00 bits per heavy atom. The van der Waals surface area contributed by atoms with E-state index in [0.29, 0.717) is 0 Å². The van der Waals surface area contributed by atoms with Gasteiger partial charge in [-0.05, 0) is 44.4 Å². The minimum atomic E-state index is 1.08. The van der Waals surface area contributed by atoms with Gasteiger partial charge in [0.05, 0.1) is 0 Å². The summed E-state index contributed by atoms with van der Waals surface area (Å²) < 4.78 is 0. The van der Waals surface area contributed by atoms with Crippen LogP contribution in [0.3, 0.4) is 0 Å². The van der Waals surface area contributed by atoms with Crippen molar-refractivity contribution in [3.63, 3.8) is 0 Å². The summed E-state index contributed by atoms with van der Waals surface area (Å²) in [4.78, 5) is 0. The normalized spacial score (nSPS) is 32.0. The van der Waals surface area contributed by atoms with Gasteiger partial charge in [-0.2, -0.15) is 0 Å². The van der Waals surface area contributed by atoms with Gasteiger partial charge in [0, 0.05) is 0 Å². The van der Waals surface area contributed by atoms with Crippen molar-refractivity contribution in [2.24, 2.45) is 5.92 Å². The Hall–Kier alpha value is -0.260. The second-order valence-corrected chi connectivity index (χ2v) is 4.09. The largest absolute Gasteiger partial charge is 0.0853 e. The molecule has 0 N–H and O–H groups in total. The molecular weight excluding hydrogens is 132 g/mol. The maximum absolute atomic E-state index is 2.52. The molecule has 0 spiro atoms. The lowest BCUT2D eigenvalue weighted by Gasteiger charge is -2.14. The van der Waals surface area contributed by atoms with E-state index in [1.54, 1.807) is 5.57 Å². The van der Waals surface area contributed by atoms with Crippen molar-refractivity contribution in [3.8, 4) is 0 Å². The van der Waals surface area contributed by atoms with Gasteiger partial charge in [0.1, 0.15) is 0 Å². The Kier molecular flexibility index (Phi) is 2.30. The monoisotopic (exact) mass is 150 g/mol. The molecule has 1 unspecified atom stereocenters. The van der Waals surface area contributed by atoms with E-state index in [9.17, 15) is 0 Å². The molecule has 1 saturated carbocycles. The van der Waals surface area contributed by atoms with Crippen LogP contribution in [-0.4, -0.2) is 0 Å². The van der Waals surface area contributed by atoms with Crippen molar-refractivity contribution in [2.45, 2.75) is 51.4 Å². The van der Waals surface area contributed by atoms with Gasteiger partial charge in [-0.3, -0.25) is 0 Å². The fraction of sp³-hybridized carbons (Fsp3) is 0.818. The van der Waals surface area contributed by atoms with E-state index in [2.05, 4.69) is 6.08 Å². The molecule has 1 atom stereocenters. The molecular formula is C11H18. The van der Waals surface area contributed by atoms with Crippen LogP contribution in [0.25, 0.3) is 0 Å². The molecule has 0 aliphatic heterocycles. The zero-order valence-electron chi connectivity index (χ0n) is 7.31. The standard InChI is InChI=1S/C11H18/c1-2-5-11-7-3-6-10(4-1)8-9-11/h4,11H,1-3,5-9H2. The maximum Gasteiger partial charge on any atom is -0.0318 e. The van der Waals surface area contributed by atoms with Gasteiger partial charge in [-0.15, -0.1) is 0 Å². The molecule has 0 aromatic heterocycles. The van der Waals surface area contributed by atoms with Crippen LogP contribution in [0, 0.1) is 5.92 Å². The highest BCUT2D eigenvalue weighted by molar-refractivity contribution is 5.04. The van der Waals surface area contributed by atoms with Crippen LogP contribution < -0.4 is 0 Å². The predicted octanol–water partition coefficient (Wildman–Crippen LogP) is 3.68. The highest BCUT2D eigenvalue weighted by Gasteiger charge is 2.15. The summed E-state index contributed by atoms with van der Waals surface area (Å²) in [5.74, 6) is 1.08. The van der Waals surface area contributed by atoms with Crippen LogP contribution in [0.15, 0.2) is 11.6 Å². The highest BCUT2D eigenvalue weighted by Crippen LogP contribution is 2.32. The Labute approximate surface area is 69.7 Å². The third kappa shape index (κ3) is 1.85. The molecule has 2 aliphatic carbocycles. The molecule has 0 heterocycles. The van der Waals surface area contributed by atoms with E-state index in [0.717, 1.165) is 5.92 Å². The molecule has 2 aliphatic rings. The van der Waals surface area contributed by atoms with Crippen molar-refractivity contribution in [1.29, 1.82) is 0 Å². The van der Waals surface area contributed by atoms with Crippen LogP contribution in [0.5, 0.6) is 0 Å². The third-order valence-electron chi connectivity index (χ3n) is 3.23. The first-order valence-corrected chi connectivity index (χ1v) is 5.13. The molecule has 0 radical (unpaired) electrons. The molecule has 0 amide bonds. The molecule has 2 bridgehead atoms. The van der Waals surface area contributed by atoms with E-state index >= 15 is 0 Å². The third-order valence-corrected chi connectivity index (χ3v) is 3.23. The first kappa shape index (κ1) is 7.39. The molecule has 0 saturated heterocycles. The number of fused-ring (bicyclic) bond motifs is 3. The van der Waals surface area contributed by atoms with Crippen LogP contribution in [0.2, 0.25) is 0 Å². The molecule has 0 nitrogen and oxygen atoms in total. The topological polar surface area (TPSA) is 0 Å². The van der Waals surface area contributed by atoms with Crippen molar-refractivity contribution in [3.05, 3.63) is 11.6 Å². The molecule has 0 heteroatoms. The fourth-order valence-electron chi connectivity index (χ4n) is 2.48. The molecule has 2 rings (SSSR count). The predicted molar refractivity (Wildman–Crippen MR) is 48.5 cm³/mol. The molecule has 11 heavy (non-hydrogen) atoms. The summed E-state index contributed by atoms with van der Waals surface area (Å²) in [6.07, 6.45) is 14.1. The quantitative estimate of drug-likeness (QED) is 0.462. The summed E-state index contributed by atoms with van der Waals surface area (Å²) >= 11 is 0. The summed E-state index contributed by atoms with van der Waals surface area (Å²) in [6.45, 7) is 0. The second kappa shape index (κ2) is 3.42. The van der Waals surface area contributed by atoms with E-state index in [4.69, 9.17) is 0 Å².